The van der Waals surface area contributed by atoms with Gasteiger partial charge in [0.15, 0.2) is 0 Å². The lowest BCUT2D eigenvalue weighted by molar-refractivity contribution is -0.140. The summed E-state index contributed by atoms with van der Waals surface area (Å²) >= 11 is 0. The summed E-state index contributed by atoms with van der Waals surface area (Å²) in [6.45, 7) is 2.18. The summed E-state index contributed by atoms with van der Waals surface area (Å²) in [5.74, 6) is 0.932. The van der Waals surface area contributed by atoms with Gasteiger partial charge in [0.1, 0.15) is 18.4 Å². The van der Waals surface area contributed by atoms with Crippen molar-refractivity contribution in [2.24, 2.45) is 5.92 Å². The highest BCUT2D eigenvalue weighted by Crippen LogP contribution is 2.31. The zero-order valence-corrected chi connectivity index (χ0v) is 17.2. The van der Waals surface area contributed by atoms with Crippen LogP contribution < -0.4 is 4.74 Å². The summed E-state index contributed by atoms with van der Waals surface area (Å²) in [6.07, 6.45) is 0.616. The Balaban J connectivity index is 1.37. The van der Waals surface area contributed by atoms with Crippen molar-refractivity contribution in [1.82, 2.24) is 14.4 Å². The molecule has 1 atom stereocenters. The number of aromatic nitrogens is 1. The number of ether oxygens (including phenoxy) is 1. The first-order chi connectivity index (χ1) is 14.3. The number of rotatable bonds is 4. The molecule has 2 aliphatic heterocycles. The van der Waals surface area contributed by atoms with Gasteiger partial charge in [0.05, 0.1) is 11.4 Å². The third kappa shape index (κ3) is 4.74. The van der Waals surface area contributed by atoms with Gasteiger partial charge in [0.25, 0.3) is 0 Å². The lowest BCUT2D eigenvalue weighted by Crippen LogP contribution is -2.47. The molecule has 1 aromatic heterocycles. The van der Waals surface area contributed by atoms with E-state index in [1.165, 1.54) is 10.8 Å². The van der Waals surface area contributed by atoms with Crippen molar-refractivity contribution in [3.8, 4) is 5.75 Å². The van der Waals surface area contributed by atoms with Gasteiger partial charge in [-0.25, -0.2) is 0 Å². The van der Waals surface area contributed by atoms with Crippen molar-refractivity contribution < 1.29 is 22.7 Å². The molecular weight excluding hydrogens is 395 g/mol. The molecule has 0 spiro atoms. The maximum Gasteiger partial charge on any atom is 0.406 e. The number of amides is 1. The van der Waals surface area contributed by atoms with Crippen LogP contribution in [0, 0.1) is 5.92 Å². The molecule has 8 heteroatoms. The molecule has 30 heavy (non-hydrogen) atoms. The first kappa shape index (κ1) is 21.0. The second-order valence-electron chi connectivity index (χ2n) is 8.49. The molecule has 2 aromatic rings. The molecule has 2 aliphatic rings. The summed E-state index contributed by atoms with van der Waals surface area (Å²) in [5.41, 5.74) is 0.513. The topological polar surface area (TPSA) is 37.7 Å². The summed E-state index contributed by atoms with van der Waals surface area (Å²) < 4.78 is 45.7. The normalized spacial score (nSPS) is 21.9. The molecular formula is C22H28F3N3O2. The second kappa shape index (κ2) is 8.49. The first-order valence-electron chi connectivity index (χ1n) is 10.6. The molecule has 2 saturated heterocycles. The number of halogens is 3. The van der Waals surface area contributed by atoms with E-state index in [1.54, 1.807) is 24.3 Å². The van der Waals surface area contributed by atoms with Crippen LogP contribution >= 0.6 is 0 Å². The molecule has 1 unspecified atom stereocenters. The Bertz CT molecular complexity index is 887. The molecule has 0 N–H and O–H groups in total. The highest BCUT2D eigenvalue weighted by molar-refractivity contribution is 5.86. The Morgan fingerprint density at radius 2 is 1.90 bits per heavy atom. The minimum Gasteiger partial charge on any atom is -0.490 e. The van der Waals surface area contributed by atoms with Gasteiger partial charge in [0, 0.05) is 44.1 Å². The summed E-state index contributed by atoms with van der Waals surface area (Å²) in [5, 5.41) is 0.686. The van der Waals surface area contributed by atoms with Crippen molar-refractivity contribution in [3.05, 3.63) is 30.5 Å². The smallest absolute Gasteiger partial charge is 0.406 e. The first-order valence-corrected chi connectivity index (χ1v) is 10.6. The maximum atomic E-state index is 12.8. The number of carbonyl (C=O) groups is 1. The van der Waals surface area contributed by atoms with Gasteiger partial charge in [-0.05, 0) is 44.6 Å². The summed E-state index contributed by atoms with van der Waals surface area (Å²) in [7, 11) is 2.06. The van der Waals surface area contributed by atoms with Crippen LogP contribution in [0.1, 0.15) is 25.7 Å². The van der Waals surface area contributed by atoms with Crippen molar-refractivity contribution in [1.29, 1.82) is 0 Å². The highest BCUT2D eigenvalue weighted by Gasteiger charge is 2.31. The van der Waals surface area contributed by atoms with Gasteiger partial charge in [-0.2, -0.15) is 13.2 Å². The van der Waals surface area contributed by atoms with E-state index in [1.807, 2.05) is 4.90 Å². The van der Waals surface area contributed by atoms with Crippen molar-refractivity contribution >= 4 is 16.8 Å². The van der Waals surface area contributed by atoms with Gasteiger partial charge in [-0.15, -0.1) is 0 Å². The van der Waals surface area contributed by atoms with Crippen LogP contribution in [0.5, 0.6) is 5.75 Å². The summed E-state index contributed by atoms with van der Waals surface area (Å²) in [4.78, 5) is 17.0. The monoisotopic (exact) mass is 423 g/mol. The Hall–Kier alpha value is -2.22. The number of hydrogen-bond donors (Lipinski definition) is 0. The molecule has 5 nitrogen and oxygen atoms in total. The van der Waals surface area contributed by atoms with Crippen LogP contribution in [0.15, 0.2) is 30.5 Å². The van der Waals surface area contributed by atoms with Crippen molar-refractivity contribution in [2.75, 3.05) is 33.2 Å². The predicted octanol–water partition coefficient (Wildman–Crippen LogP) is 3.92. The highest BCUT2D eigenvalue weighted by atomic mass is 19.4. The molecule has 164 valence electrons. The van der Waals surface area contributed by atoms with Crippen LogP contribution in [0.4, 0.5) is 13.2 Å². The fourth-order valence-electron chi connectivity index (χ4n) is 4.63. The van der Waals surface area contributed by atoms with Crippen LogP contribution in [0.3, 0.4) is 0 Å². The van der Waals surface area contributed by atoms with Crippen LogP contribution in [0.2, 0.25) is 0 Å². The van der Waals surface area contributed by atoms with E-state index >= 15 is 0 Å². The van der Waals surface area contributed by atoms with Gasteiger partial charge in [0.2, 0.25) is 5.91 Å². The Morgan fingerprint density at radius 3 is 2.60 bits per heavy atom. The SMILES string of the molecule is CN1CCCC(C(=O)N2CCC(Oc3cccc4c3ccn4CC(F)(F)F)CC2)C1. The molecule has 0 bridgehead atoms. The Kier molecular flexibility index (Phi) is 5.95. The molecule has 1 amide bonds. The molecule has 2 fully saturated rings. The molecule has 3 heterocycles. The lowest BCUT2D eigenvalue weighted by atomic mass is 9.95. The maximum absolute atomic E-state index is 12.8. The van der Waals surface area contributed by atoms with Crippen LogP contribution in [-0.4, -0.2) is 65.8 Å². The zero-order valence-electron chi connectivity index (χ0n) is 17.2. The second-order valence-corrected chi connectivity index (χ2v) is 8.49. The van der Waals surface area contributed by atoms with E-state index in [4.69, 9.17) is 4.74 Å². The van der Waals surface area contributed by atoms with Crippen molar-refractivity contribution in [2.45, 2.75) is 44.5 Å². The van der Waals surface area contributed by atoms with Crippen molar-refractivity contribution in [3.63, 3.8) is 0 Å². The Morgan fingerprint density at radius 1 is 1.13 bits per heavy atom. The van der Waals surface area contributed by atoms with Crippen LogP contribution in [-0.2, 0) is 11.3 Å². The van der Waals surface area contributed by atoms with E-state index in [-0.39, 0.29) is 17.9 Å². The third-order valence-corrected chi connectivity index (χ3v) is 6.14. The molecule has 4 rings (SSSR count). The third-order valence-electron chi connectivity index (χ3n) is 6.14. The van der Waals surface area contributed by atoms with Gasteiger partial charge < -0.3 is 19.1 Å². The van der Waals surface area contributed by atoms with Gasteiger partial charge >= 0.3 is 6.18 Å². The largest absolute Gasteiger partial charge is 0.490 e. The number of piperidine rings is 2. The fourth-order valence-corrected chi connectivity index (χ4v) is 4.63. The van der Waals surface area contributed by atoms with Gasteiger partial charge in [-0.3, -0.25) is 4.79 Å². The number of hydrogen-bond acceptors (Lipinski definition) is 3. The summed E-state index contributed by atoms with van der Waals surface area (Å²) in [6, 6.07) is 6.88. The number of alkyl halides is 3. The number of nitrogens with zero attached hydrogens (tertiary/aromatic N) is 3. The van der Waals surface area contributed by atoms with Gasteiger partial charge in [-0.1, -0.05) is 6.07 Å². The average Bonchev–Trinajstić information content (AvgIpc) is 3.10. The standard InChI is InChI=1S/C22H28F3N3O2/c1-26-10-3-4-16(14-26)21(29)27-11-7-17(8-12-27)30-20-6-2-5-19-18(20)9-13-28(19)15-22(23,24)25/h2,5-6,9,13,16-17H,3-4,7-8,10-12,14-15H2,1H3. The average molecular weight is 423 g/mol. The Labute approximate surface area is 174 Å². The van der Waals surface area contributed by atoms with E-state index in [9.17, 15) is 18.0 Å². The molecule has 1 aromatic carbocycles. The number of benzene rings is 1. The molecule has 0 radical (unpaired) electrons. The quantitative estimate of drug-likeness (QED) is 0.748. The molecule has 0 saturated carbocycles. The fraction of sp³-hybridized carbons (Fsp3) is 0.591. The zero-order chi connectivity index (χ0) is 21.3. The van der Waals surface area contributed by atoms with E-state index in [0.29, 0.717) is 29.7 Å². The predicted molar refractivity (Wildman–Crippen MR) is 108 cm³/mol. The van der Waals surface area contributed by atoms with Crippen LogP contribution in [0.25, 0.3) is 10.9 Å². The minimum atomic E-state index is -4.27. The van der Waals surface area contributed by atoms with E-state index < -0.39 is 12.7 Å². The van der Waals surface area contributed by atoms with E-state index in [0.717, 1.165) is 38.8 Å². The minimum absolute atomic E-state index is 0.0420. The van der Waals surface area contributed by atoms with E-state index in [2.05, 4.69) is 11.9 Å². The number of fused-ring (bicyclic) bond motifs is 1. The number of likely N-dealkylation sites (tertiary alicyclic amines) is 2. The lowest BCUT2D eigenvalue weighted by Gasteiger charge is -2.37. The number of carbonyl (C=O) groups excluding carboxylic acids is 1. The molecule has 0 aliphatic carbocycles.